The van der Waals surface area contributed by atoms with E-state index in [1.54, 1.807) is 17.4 Å². The standard InChI is InChI=1S/C34H33FN6O3/c1-39-16-17-43-32-30-12-14-36-33(41(30)38-20-31(32)39)25-11-10-24-8-5-9-29(27(24)18-25)37-19-26-13-15-40(21-28(26)35)34(42)44-22-23-6-3-2-4-7-23/h2-11,14,18,20,26,28,37H,13,15-17,19,21-22H2,1H3. The minimum absolute atomic E-state index is 0.0247. The predicted octanol–water partition coefficient (Wildman–Crippen LogP) is 5.48. The molecule has 3 aromatic carbocycles. The van der Waals surface area contributed by atoms with Crippen molar-refractivity contribution < 1.29 is 18.7 Å². The highest BCUT2D eigenvalue weighted by Crippen LogP contribution is 2.33. The Bertz CT molecular complexity index is 1750. The van der Waals surface area contributed by atoms with Gasteiger partial charge in [0, 0.05) is 42.7 Å². The first-order chi connectivity index (χ1) is 21.5. The number of amidine groups is 1. The molecule has 4 heterocycles. The molecule has 0 aliphatic carbocycles. The lowest BCUT2D eigenvalue weighted by Crippen LogP contribution is -2.46. The van der Waals surface area contributed by atoms with Crippen molar-refractivity contribution in [1.29, 1.82) is 0 Å². The number of piperidine rings is 1. The number of allylic oxidation sites excluding steroid dienone is 1. The van der Waals surface area contributed by atoms with E-state index in [0.29, 0.717) is 32.0 Å². The third-order valence-corrected chi connectivity index (χ3v) is 8.46. The molecular weight excluding hydrogens is 559 g/mol. The van der Waals surface area contributed by atoms with Crippen LogP contribution in [0, 0.1) is 5.92 Å². The number of hydrogen-bond donors (Lipinski definition) is 1. The maximum atomic E-state index is 15.3. The number of amides is 1. The van der Waals surface area contributed by atoms with Crippen molar-refractivity contribution in [3.63, 3.8) is 0 Å². The van der Waals surface area contributed by atoms with E-state index in [9.17, 15) is 4.79 Å². The summed E-state index contributed by atoms with van der Waals surface area (Å²) in [6, 6.07) is 21.7. The lowest BCUT2D eigenvalue weighted by atomic mass is 9.94. The maximum absolute atomic E-state index is 15.3. The van der Waals surface area contributed by atoms with E-state index >= 15 is 4.39 Å². The number of likely N-dealkylation sites (tertiary alicyclic amines) is 1. The van der Waals surface area contributed by atoms with E-state index in [1.165, 1.54) is 4.90 Å². The second kappa shape index (κ2) is 11.9. The van der Waals surface area contributed by atoms with E-state index < -0.39 is 12.3 Å². The van der Waals surface area contributed by atoms with Crippen molar-refractivity contribution in [2.45, 2.75) is 19.2 Å². The number of rotatable bonds is 6. The summed E-state index contributed by atoms with van der Waals surface area (Å²) in [5.74, 6) is 1.19. The van der Waals surface area contributed by atoms with E-state index in [2.05, 4.69) is 44.2 Å². The molecule has 9 nitrogen and oxygen atoms in total. The number of hydrogen-bond acceptors (Lipinski definition) is 8. The van der Waals surface area contributed by atoms with E-state index in [4.69, 9.17) is 9.47 Å². The monoisotopic (exact) mass is 592 g/mol. The summed E-state index contributed by atoms with van der Waals surface area (Å²) < 4.78 is 26.7. The molecule has 0 spiro atoms. The number of aliphatic imine (C=N–C) groups is 1. The molecule has 224 valence electrons. The minimum atomic E-state index is -1.16. The lowest BCUT2D eigenvalue weighted by Gasteiger charge is -2.35. The fraction of sp³-hybridized carbons (Fsp3) is 0.294. The van der Waals surface area contributed by atoms with Gasteiger partial charge in [-0.2, -0.15) is 5.10 Å². The van der Waals surface area contributed by atoms with Crippen LogP contribution in [0.15, 0.2) is 106 Å². The Morgan fingerprint density at radius 3 is 2.89 bits per heavy atom. The molecule has 2 unspecified atom stereocenters. The summed E-state index contributed by atoms with van der Waals surface area (Å²) in [6.07, 6.45) is 2.37. The van der Waals surface area contributed by atoms with Crippen LogP contribution in [0.2, 0.25) is 0 Å². The summed E-state index contributed by atoms with van der Waals surface area (Å²) in [5.41, 5.74) is 7.56. The van der Waals surface area contributed by atoms with Gasteiger partial charge in [0.05, 0.1) is 25.5 Å². The molecule has 1 fully saturated rings. The van der Waals surface area contributed by atoms with Gasteiger partial charge in [0.15, 0.2) is 17.3 Å². The fourth-order valence-electron chi connectivity index (χ4n) is 5.93. The molecule has 0 radical (unpaired) electrons. The second-order valence-electron chi connectivity index (χ2n) is 11.3. The van der Waals surface area contributed by atoms with E-state index in [1.807, 2.05) is 55.6 Å². The number of halogens is 1. The molecule has 1 saturated heterocycles. The number of benzene rings is 3. The Morgan fingerprint density at radius 2 is 2.02 bits per heavy atom. The number of likely N-dealkylation sites (N-methyl/N-ethyl adjacent to an activating group) is 1. The van der Waals surface area contributed by atoms with Crippen molar-refractivity contribution in [3.05, 3.63) is 107 Å². The van der Waals surface area contributed by atoms with Crippen LogP contribution >= 0.6 is 0 Å². The number of carbonyl (C=O) groups excluding carboxylic acids is 1. The Labute approximate surface area is 255 Å². The third-order valence-electron chi connectivity index (χ3n) is 8.46. The van der Waals surface area contributed by atoms with Gasteiger partial charge in [-0.05, 0) is 29.5 Å². The van der Waals surface area contributed by atoms with E-state index in [0.717, 1.165) is 51.3 Å². The van der Waals surface area contributed by atoms with Crippen molar-refractivity contribution >= 4 is 34.6 Å². The topological polar surface area (TPSA) is 82.0 Å². The van der Waals surface area contributed by atoms with Crippen LogP contribution in [0.5, 0.6) is 0 Å². The van der Waals surface area contributed by atoms with Gasteiger partial charge >= 0.3 is 6.09 Å². The van der Waals surface area contributed by atoms with Gasteiger partial charge in [0.2, 0.25) is 0 Å². The molecule has 1 N–H and O–H groups in total. The van der Waals surface area contributed by atoms with Gasteiger partial charge in [-0.3, -0.25) is 0 Å². The van der Waals surface area contributed by atoms with Crippen LogP contribution in [-0.4, -0.2) is 79.0 Å². The average Bonchev–Trinajstić information content (AvgIpc) is 3.06. The molecule has 0 aromatic heterocycles. The van der Waals surface area contributed by atoms with Gasteiger partial charge in [0.25, 0.3) is 0 Å². The van der Waals surface area contributed by atoms with Gasteiger partial charge in [0.1, 0.15) is 25.1 Å². The molecule has 2 atom stereocenters. The van der Waals surface area contributed by atoms with Crippen molar-refractivity contribution in [2.75, 3.05) is 45.2 Å². The zero-order valence-electron chi connectivity index (χ0n) is 24.4. The van der Waals surface area contributed by atoms with Crippen molar-refractivity contribution in [2.24, 2.45) is 16.0 Å². The molecule has 1 amide bonds. The van der Waals surface area contributed by atoms with Crippen LogP contribution in [0.25, 0.3) is 10.8 Å². The highest BCUT2D eigenvalue weighted by Gasteiger charge is 2.33. The third kappa shape index (κ3) is 5.40. The Morgan fingerprint density at radius 1 is 1.14 bits per heavy atom. The summed E-state index contributed by atoms with van der Waals surface area (Å²) in [6.45, 7) is 2.50. The first-order valence-electron chi connectivity index (χ1n) is 14.9. The Kier molecular flexibility index (Phi) is 7.50. The molecule has 0 saturated carbocycles. The zero-order chi connectivity index (χ0) is 30.0. The summed E-state index contributed by atoms with van der Waals surface area (Å²) in [4.78, 5) is 20.8. The van der Waals surface area contributed by atoms with Crippen LogP contribution in [0.3, 0.4) is 0 Å². The first-order valence-corrected chi connectivity index (χ1v) is 14.9. The molecule has 44 heavy (non-hydrogen) atoms. The van der Waals surface area contributed by atoms with Gasteiger partial charge in [-0.15, -0.1) is 0 Å². The van der Waals surface area contributed by atoms with Crippen molar-refractivity contribution in [1.82, 2.24) is 14.8 Å². The SMILES string of the molecule is CN1CCOC2=C1C=NN1C2=C=CN=C1c1ccc2cccc(NCC3CCN(C(=O)OCc4ccccc4)CC3F)c2c1. The number of hydrazone groups is 1. The molecule has 4 aliphatic heterocycles. The molecule has 10 heteroatoms. The largest absolute Gasteiger partial charge is 0.487 e. The van der Waals surface area contributed by atoms with Gasteiger partial charge < -0.3 is 24.6 Å². The number of anilines is 1. The molecule has 0 bridgehead atoms. The average molecular weight is 593 g/mol. The highest BCUT2D eigenvalue weighted by atomic mass is 19.1. The second-order valence-corrected chi connectivity index (χ2v) is 11.3. The van der Waals surface area contributed by atoms with Gasteiger partial charge in [-0.25, -0.2) is 19.2 Å². The molecular formula is C34H33FN6O3. The van der Waals surface area contributed by atoms with Crippen LogP contribution < -0.4 is 5.32 Å². The number of ether oxygens (including phenoxy) is 2. The number of alkyl halides is 1. The first kappa shape index (κ1) is 27.7. The summed E-state index contributed by atoms with van der Waals surface area (Å²) >= 11 is 0. The normalized spacial score (nSPS) is 20.9. The Balaban J connectivity index is 1.02. The number of carbonyl (C=O) groups is 1. The molecule has 4 aliphatic rings. The summed E-state index contributed by atoms with van der Waals surface area (Å²) in [5, 5.41) is 12.0. The van der Waals surface area contributed by atoms with Crippen molar-refractivity contribution in [3.8, 4) is 0 Å². The number of fused-ring (bicyclic) bond motifs is 3. The Hall–Kier alpha value is -5.08. The van der Waals surface area contributed by atoms with Gasteiger partial charge in [-0.1, -0.05) is 60.3 Å². The number of nitrogens with one attached hydrogen (secondary N) is 1. The van der Waals surface area contributed by atoms with Crippen LogP contribution in [0.1, 0.15) is 17.5 Å². The smallest absolute Gasteiger partial charge is 0.410 e. The fourth-order valence-corrected chi connectivity index (χ4v) is 5.93. The number of nitrogens with zero attached hydrogens (tertiary/aromatic N) is 5. The predicted molar refractivity (Wildman–Crippen MR) is 168 cm³/mol. The quantitative estimate of drug-likeness (QED) is 0.382. The highest BCUT2D eigenvalue weighted by molar-refractivity contribution is 6.06. The van der Waals surface area contributed by atoms with Crippen LogP contribution in [-0.2, 0) is 16.1 Å². The maximum Gasteiger partial charge on any atom is 0.410 e. The minimum Gasteiger partial charge on any atom is -0.487 e. The van der Waals surface area contributed by atoms with E-state index in [-0.39, 0.29) is 19.1 Å². The lowest BCUT2D eigenvalue weighted by molar-refractivity contribution is 0.0544. The molecule has 3 aromatic rings. The zero-order valence-corrected chi connectivity index (χ0v) is 24.4. The molecule has 7 rings (SSSR count). The van der Waals surface area contributed by atoms with Crippen LogP contribution in [0.4, 0.5) is 14.9 Å². The summed E-state index contributed by atoms with van der Waals surface area (Å²) in [7, 11) is 2.02.